The molecule has 26 heavy (non-hydrogen) atoms. The molecule has 152 valence electrons. The lowest BCUT2D eigenvalue weighted by atomic mass is 10.1. The molecule has 7 heteroatoms. The average Bonchev–Trinajstić information content (AvgIpc) is 3.27. The lowest BCUT2D eigenvalue weighted by Gasteiger charge is -2.37. The van der Waals surface area contributed by atoms with E-state index in [0.29, 0.717) is 6.04 Å². The zero-order valence-corrected chi connectivity index (χ0v) is 19.0. The molecule has 0 bridgehead atoms. The number of nitrogens with one attached hydrogen (secondary N) is 1. The topological polar surface area (TPSA) is 49.3 Å². The van der Waals surface area contributed by atoms with E-state index in [1.165, 1.54) is 25.9 Å². The van der Waals surface area contributed by atoms with Crippen molar-refractivity contribution < 1.29 is 9.47 Å². The Hall–Kier alpha value is -0.120. The van der Waals surface area contributed by atoms with Crippen LogP contribution >= 0.6 is 24.0 Å². The number of hydrogen-bond donors (Lipinski definition) is 1. The average molecular weight is 480 g/mol. The molecule has 0 radical (unpaired) electrons. The Morgan fingerprint density at radius 3 is 2.62 bits per heavy atom. The van der Waals surface area contributed by atoms with Crippen molar-refractivity contribution in [3.63, 3.8) is 0 Å². The van der Waals surface area contributed by atoms with Gasteiger partial charge in [0.25, 0.3) is 0 Å². The summed E-state index contributed by atoms with van der Waals surface area (Å²) in [6.07, 6.45) is 5.33. The molecule has 2 unspecified atom stereocenters. The van der Waals surface area contributed by atoms with Crippen molar-refractivity contribution in [2.75, 3.05) is 53.0 Å². The molecule has 0 aliphatic carbocycles. The van der Waals surface area contributed by atoms with Gasteiger partial charge in [-0.2, -0.15) is 0 Å². The molecular formula is C19H37IN4O2. The summed E-state index contributed by atoms with van der Waals surface area (Å²) in [6.45, 7) is 11.5. The molecule has 0 amide bonds. The Balaban J connectivity index is 0.00000243. The number of halogens is 1. The second-order valence-electron chi connectivity index (χ2n) is 8.02. The van der Waals surface area contributed by atoms with Crippen molar-refractivity contribution in [1.29, 1.82) is 0 Å². The molecule has 0 aromatic heterocycles. The zero-order valence-electron chi connectivity index (χ0n) is 16.7. The monoisotopic (exact) mass is 480 g/mol. The normalized spacial score (nSPS) is 30.7. The summed E-state index contributed by atoms with van der Waals surface area (Å²) >= 11 is 0. The minimum absolute atomic E-state index is 0. The van der Waals surface area contributed by atoms with Crippen molar-refractivity contribution in [3.05, 3.63) is 0 Å². The molecule has 3 rings (SSSR count). The van der Waals surface area contributed by atoms with Gasteiger partial charge < -0.3 is 19.7 Å². The van der Waals surface area contributed by atoms with Gasteiger partial charge >= 0.3 is 0 Å². The quantitative estimate of drug-likeness (QED) is 0.372. The van der Waals surface area contributed by atoms with Crippen LogP contribution in [-0.4, -0.2) is 87.0 Å². The largest absolute Gasteiger partial charge is 0.375 e. The molecule has 3 atom stereocenters. The van der Waals surface area contributed by atoms with Crippen molar-refractivity contribution in [2.24, 2.45) is 10.9 Å². The minimum atomic E-state index is 0. The van der Waals surface area contributed by atoms with Gasteiger partial charge in [-0.15, -0.1) is 24.0 Å². The molecule has 6 nitrogen and oxygen atoms in total. The Kier molecular flexibility index (Phi) is 9.40. The molecule has 0 spiro atoms. The highest BCUT2D eigenvalue weighted by molar-refractivity contribution is 14.0. The van der Waals surface area contributed by atoms with Crippen LogP contribution in [0.3, 0.4) is 0 Å². The molecule has 3 aliphatic rings. The van der Waals surface area contributed by atoms with Crippen LogP contribution in [0.25, 0.3) is 0 Å². The van der Waals surface area contributed by atoms with E-state index in [1.54, 1.807) is 0 Å². The van der Waals surface area contributed by atoms with Gasteiger partial charge in [0.2, 0.25) is 0 Å². The Labute approximate surface area is 176 Å². The number of morpholine rings is 1. The van der Waals surface area contributed by atoms with E-state index in [-0.39, 0.29) is 36.2 Å². The first-order valence-corrected chi connectivity index (χ1v) is 10.1. The van der Waals surface area contributed by atoms with E-state index < -0.39 is 0 Å². The highest BCUT2D eigenvalue weighted by Crippen LogP contribution is 2.21. The highest BCUT2D eigenvalue weighted by atomic mass is 127. The van der Waals surface area contributed by atoms with Crippen molar-refractivity contribution in [2.45, 2.75) is 57.8 Å². The maximum Gasteiger partial charge on any atom is 0.193 e. The molecule has 0 aromatic rings. The predicted molar refractivity (Wildman–Crippen MR) is 116 cm³/mol. The summed E-state index contributed by atoms with van der Waals surface area (Å²) in [5, 5.41) is 3.63. The van der Waals surface area contributed by atoms with Crippen LogP contribution in [0.4, 0.5) is 0 Å². The number of rotatable bonds is 5. The zero-order chi connectivity index (χ0) is 17.6. The van der Waals surface area contributed by atoms with Gasteiger partial charge in [-0.25, -0.2) is 0 Å². The summed E-state index contributed by atoms with van der Waals surface area (Å²) in [7, 11) is 1.89. The second kappa shape index (κ2) is 11.0. The Bertz CT molecular complexity index is 443. The van der Waals surface area contributed by atoms with E-state index in [9.17, 15) is 0 Å². The number of ether oxygens (including phenoxy) is 2. The molecule has 3 fully saturated rings. The van der Waals surface area contributed by atoms with Crippen LogP contribution in [0.2, 0.25) is 0 Å². The summed E-state index contributed by atoms with van der Waals surface area (Å²) in [5.41, 5.74) is 0. The molecule has 0 saturated carbocycles. The molecule has 0 aromatic carbocycles. The van der Waals surface area contributed by atoms with Gasteiger partial charge in [0, 0.05) is 45.9 Å². The number of guanidine groups is 1. The van der Waals surface area contributed by atoms with Crippen LogP contribution < -0.4 is 5.32 Å². The van der Waals surface area contributed by atoms with Crippen LogP contribution in [-0.2, 0) is 9.47 Å². The van der Waals surface area contributed by atoms with E-state index >= 15 is 0 Å². The standard InChI is InChI=1S/C19H36N4O2.HI/c1-15(2)13-22-8-4-6-16(22)12-21-19(20-3)23-9-11-25-18(14-23)17-7-5-10-24-17;/h15-18H,4-14H2,1-3H3,(H,20,21);1H/t16-,17?,18?;/m1./s1. The van der Waals surface area contributed by atoms with Crippen molar-refractivity contribution >= 4 is 29.9 Å². The van der Waals surface area contributed by atoms with Gasteiger partial charge in [0.15, 0.2) is 5.96 Å². The fraction of sp³-hybridized carbons (Fsp3) is 0.947. The fourth-order valence-electron chi connectivity index (χ4n) is 4.37. The lowest BCUT2D eigenvalue weighted by Crippen LogP contribution is -2.54. The van der Waals surface area contributed by atoms with Gasteiger partial charge in [-0.3, -0.25) is 9.89 Å². The van der Waals surface area contributed by atoms with Crippen molar-refractivity contribution in [3.8, 4) is 0 Å². The van der Waals surface area contributed by atoms with Crippen molar-refractivity contribution in [1.82, 2.24) is 15.1 Å². The summed E-state index contributed by atoms with van der Waals surface area (Å²) in [6, 6.07) is 0.633. The third kappa shape index (κ3) is 5.94. The first kappa shape index (κ1) is 22.2. The third-order valence-electron chi connectivity index (χ3n) is 5.58. The highest BCUT2D eigenvalue weighted by Gasteiger charge is 2.32. The first-order valence-electron chi connectivity index (χ1n) is 10.1. The first-order chi connectivity index (χ1) is 12.2. The lowest BCUT2D eigenvalue weighted by molar-refractivity contribution is -0.0817. The summed E-state index contributed by atoms with van der Waals surface area (Å²) < 4.78 is 11.8. The van der Waals surface area contributed by atoms with E-state index in [2.05, 4.69) is 34.0 Å². The number of hydrogen-bond acceptors (Lipinski definition) is 4. The SMILES string of the molecule is CN=C(NC[C@H]1CCCN1CC(C)C)N1CCOC(C2CCCO2)C1.I. The summed E-state index contributed by atoms with van der Waals surface area (Å²) in [4.78, 5) is 9.52. The number of aliphatic imine (C=N–C) groups is 1. The second-order valence-corrected chi connectivity index (χ2v) is 8.02. The number of likely N-dealkylation sites (tertiary alicyclic amines) is 1. The van der Waals surface area contributed by atoms with Gasteiger partial charge in [0.05, 0.1) is 12.7 Å². The third-order valence-corrected chi connectivity index (χ3v) is 5.58. The maximum absolute atomic E-state index is 5.97. The number of nitrogens with zero attached hydrogens (tertiary/aromatic N) is 3. The minimum Gasteiger partial charge on any atom is -0.375 e. The molecule has 3 aliphatic heterocycles. The molecule has 3 saturated heterocycles. The van der Waals surface area contributed by atoms with E-state index in [0.717, 1.165) is 57.6 Å². The molecule has 3 heterocycles. The van der Waals surface area contributed by atoms with Gasteiger partial charge in [-0.1, -0.05) is 13.8 Å². The molecule has 1 N–H and O–H groups in total. The van der Waals surface area contributed by atoms with E-state index in [4.69, 9.17) is 9.47 Å². The van der Waals surface area contributed by atoms with Gasteiger partial charge in [-0.05, 0) is 38.1 Å². The maximum atomic E-state index is 5.97. The summed E-state index contributed by atoms with van der Waals surface area (Å²) in [5.74, 6) is 1.74. The van der Waals surface area contributed by atoms with Crippen LogP contribution in [0, 0.1) is 5.92 Å². The van der Waals surface area contributed by atoms with E-state index in [1.807, 2.05) is 7.05 Å². The Morgan fingerprint density at radius 2 is 1.92 bits per heavy atom. The predicted octanol–water partition coefficient (Wildman–Crippen LogP) is 2.18. The smallest absolute Gasteiger partial charge is 0.193 e. The van der Waals surface area contributed by atoms with Gasteiger partial charge in [0.1, 0.15) is 6.10 Å². The molecular weight excluding hydrogens is 443 g/mol. The Morgan fingerprint density at radius 1 is 1.12 bits per heavy atom. The van der Waals surface area contributed by atoms with Crippen LogP contribution in [0.1, 0.15) is 39.5 Å². The fourth-order valence-corrected chi connectivity index (χ4v) is 4.37. The van der Waals surface area contributed by atoms with Crippen LogP contribution in [0.5, 0.6) is 0 Å². The van der Waals surface area contributed by atoms with Crippen LogP contribution in [0.15, 0.2) is 4.99 Å².